The summed E-state index contributed by atoms with van der Waals surface area (Å²) in [5.41, 5.74) is 14.0. The molecule has 2 atom stereocenters. The van der Waals surface area contributed by atoms with Crippen LogP contribution in [0.2, 0.25) is 0 Å². The lowest BCUT2D eigenvalue weighted by Gasteiger charge is -2.36. The van der Waals surface area contributed by atoms with Gasteiger partial charge in [0.05, 0.1) is 11.1 Å². The molecule has 0 spiro atoms. The summed E-state index contributed by atoms with van der Waals surface area (Å²) in [7, 11) is 0. The number of nitrogens with two attached hydrogens (primary N) is 2. The number of nitro groups is 1. The summed E-state index contributed by atoms with van der Waals surface area (Å²) in [5.74, 6) is -1.72. The van der Waals surface area contributed by atoms with Crippen LogP contribution >= 0.6 is 0 Å². The molecule has 0 aromatic heterocycles. The van der Waals surface area contributed by atoms with Gasteiger partial charge in [-0.1, -0.05) is 60.7 Å². The molecule has 2 unspecified atom stereocenters. The molecule has 0 amide bonds. The summed E-state index contributed by atoms with van der Waals surface area (Å²) in [4.78, 5) is 14.7. The van der Waals surface area contributed by atoms with Gasteiger partial charge in [-0.2, -0.15) is 0 Å². The van der Waals surface area contributed by atoms with E-state index in [-0.39, 0.29) is 17.5 Å². The van der Waals surface area contributed by atoms with Crippen LogP contribution in [-0.4, -0.2) is 16.5 Å². The lowest BCUT2D eigenvalue weighted by molar-refractivity contribution is -0.416. The summed E-state index contributed by atoms with van der Waals surface area (Å²) in [6.45, 7) is 0. The second-order valence-corrected chi connectivity index (χ2v) is 5.91. The monoisotopic (exact) mass is 337 g/mol. The molecule has 0 fully saturated rings. The molecule has 0 saturated carbocycles. The Morgan fingerprint density at radius 3 is 2.28 bits per heavy atom. The van der Waals surface area contributed by atoms with E-state index in [1.54, 1.807) is 0 Å². The van der Waals surface area contributed by atoms with Crippen LogP contribution in [0, 0.1) is 10.1 Å². The molecule has 0 aliphatic carbocycles. The van der Waals surface area contributed by atoms with Crippen LogP contribution in [0.15, 0.2) is 77.6 Å². The van der Waals surface area contributed by atoms with Gasteiger partial charge in [0, 0.05) is 5.92 Å². The first kappa shape index (κ1) is 16.7. The number of amidine groups is 1. The van der Waals surface area contributed by atoms with Crippen molar-refractivity contribution in [2.24, 2.45) is 16.5 Å². The van der Waals surface area contributed by atoms with E-state index in [0.717, 1.165) is 11.1 Å². The number of hydrogen-bond donors (Lipinski definition) is 3. The number of benzene rings is 2. The van der Waals surface area contributed by atoms with Gasteiger partial charge in [0.1, 0.15) is 0 Å². The molecule has 3 rings (SSSR count). The summed E-state index contributed by atoms with van der Waals surface area (Å²) >= 11 is 0. The fourth-order valence-corrected chi connectivity index (χ4v) is 2.93. The van der Waals surface area contributed by atoms with Gasteiger partial charge in [-0.25, -0.2) is 4.99 Å². The Bertz CT molecular complexity index is 820. The first-order valence-corrected chi connectivity index (χ1v) is 7.85. The smallest absolute Gasteiger partial charge is 0.326 e. The Hall–Kier alpha value is -3.19. The first-order valence-electron chi connectivity index (χ1n) is 7.85. The molecule has 7 nitrogen and oxygen atoms in total. The van der Waals surface area contributed by atoms with Crippen molar-refractivity contribution in [2.75, 3.05) is 0 Å². The molecule has 7 heteroatoms. The number of nitrogens with zero attached hydrogens (tertiary/aromatic N) is 2. The molecule has 0 saturated heterocycles. The van der Waals surface area contributed by atoms with Gasteiger partial charge in [-0.3, -0.25) is 15.8 Å². The minimum Gasteiger partial charge on any atom is -0.378 e. The van der Waals surface area contributed by atoms with Crippen LogP contribution in [0.3, 0.4) is 0 Å². The van der Waals surface area contributed by atoms with Crippen molar-refractivity contribution >= 4 is 5.84 Å². The average Bonchev–Trinajstić information content (AvgIpc) is 2.61. The summed E-state index contributed by atoms with van der Waals surface area (Å²) < 4.78 is 0. The third-order valence-corrected chi connectivity index (χ3v) is 4.22. The van der Waals surface area contributed by atoms with E-state index >= 15 is 0 Å². The molecule has 0 radical (unpaired) electrons. The second kappa shape index (κ2) is 6.74. The van der Waals surface area contributed by atoms with Crippen molar-refractivity contribution in [1.82, 2.24) is 5.32 Å². The van der Waals surface area contributed by atoms with Crippen molar-refractivity contribution in [3.8, 4) is 0 Å². The van der Waals surface area contributed by atoms with E-state index < -0.39 is 10.7 Å². The molecule has 5 N–H and O–H groups in total. The summed E-state index contributed by atoms with van der Waals surface area (Å²) in [6, 6.07) is 19.6. The van der Waals surface area contributed by atoms with Crippen LogP contribution in [0.5, 0.6) is 0 Å². The van der Waals surface area contributed by atoms with E-state index in [1.807, 2.05) is 60.7 Å². The van der Waals surface area contributed by atoms with Crippen LogP contribution in [0.4, 0.5) is 0 Å². The maximum atomic E-state index is 11.0. The highest BCUT2D eigenvalue weighted by Crippen LogP contribution is 2.31. The van der Waals surface area contributed by atoms with Crippen molar-refractivity contribution < 1.29 is 4.92 Å². The van der Waals surface area contributed by atoms with Crippen molar-refractivity contribution in [3.05, 3.63) is 93.8 Å². The standard InChI is InChI=1S/C18H19N5O2/c19-17-16(23(24)25)12-21-18(20,22-17)15(14-9-5-2-6-10-14)11-13-7-3-1-4-8-13/h1-10,12,15,21H,11,20H2,(H2,19,22). The molecule has 1 aliphatic rings. The van der Waals surface area contributed by atoms with Gasteiger partial charge < -0.3 is 11.1 Å². The van der Waals surface area contributed by atoms with Crippen LogP contribution in [-0.2, 0) is 6.42 Å². The zero-order valence-corrected chi connectivity index (χ0v) is 13.5. The minimum absolute atomic E-state index is 0.180. The van der Waals surface area contributed by atoms with Crippen LogP contribution < -0.4 is 16.8 Å². The van der Waals surface area contributed by atoms with Gasteiger partial charge in [0.15, 0.2) is 5.79 Å². The average molecular weight is 337 g/mol. The Balaban J connectivity index is 1.99. The Labute approximate surface area is 145 Å². The number of hydrogen-bond acceptors (Lipinski definition) is 6. The molecule has 128 valence electrons. The highest BCUT2D eigenvalue weighted by atomic mass is 16.6. The van der Waals surface area contributed by atoms with E-state index in [4.69, 9.17) is 11.5 Å². The van der Waals surface area contributed by atoms with Crippen molar-refractivity contribution in [1.29, 1.82) is 0 Å². The molecule has 2 aromatic carbocycles. The van der Waals surface area contributed by atoms with Gasteiger partial charge in [-0.05, 0) is 17.5 Å². The number of rotatable bonds is 5. The number of aliphatic imine (C=N–C) groups is 1. The second-order valence-electron chi connectivity index (χ2n) is 5.91. The maximum absolute atomic E-state index is 11.0. The van der Waals surface area contributed by atoms with Gasteiger partial charge in [-0.15, -0.1) is 0 Å². The largest absolute Gasteiger partial charge is 0.378 e. The fourth-order valence-electron chi connectivity index (χ4n) is 2.93. The predicted octanol–water partition coefficient (Wildman–Crippen LogP) is 1.70. The normalized spacial score (nSPS) is 20.8. The van der Waals surface area contributed by atoms with E-state index in [9.17, 15) is 10.1 Å². The van der Waals surface area contributed by atoms with Crippen molar-refractivity contribution in [2.45, 2.75) is 18.1 Å². The quantitative estimate of drug-likeness (QED) is 0.566. The lowest BCUT2D eigenvalue weighted by atomic mass is 9.86. The van der Waals surface area contributed by atoms with Crippen LogP contribution in [0.25, 0.3) is 0 Å². The third kappa shape index (κ3) is 3.51. The van der Waals surface area contributed by atoms with Gasteiger partial charge >= 0.3 is 5.70 Å². The van der Waals surface area contributed by atoms with E-state index in [2.05, 4.69) is 10.3 Å². The SMILES string of the molecule is NC1=NC(N)(C(Cc2ccccc2)c2ccccc2)NC=C1[N+](=O)[O-]. The maximum Gasteiger partial charge on any atom is 0.326 e. The fraction of sp³-hybridized carbons (Fsp3) is 0.167. The minimum atomic E-state index is -1.28. The molecule has 25 heavy (non-hydrogen) atoms. The highest BCUT2D eigenvalue weighted by Gasteiger charge is 2.40. The van der Waals surface area contributed by atoms with E-state index in [0.29, 0.717) is 6.42 Å². The molecular weight excluding hydrogens is 318 g/mol. The van der Waals surface area contributed by atoms with Crippen LogP contribution in [0.1, 0.15) is 17.0 Å². The molecule has 1 aliphatic heterocycles. The Kier molecular flexibility index (Phi) is 4.49. The number of nitrogens with one attached hydrogen (secondary N) is 1. The molecule has 2 aromatic rings. The van der Waals surface area contributed by atoms with Crippen molar-refractivity contribution in [3.63, 3.8) is 0 Å². The topological polar surface area (TPSA) is 120 Å². The van der Waals surface area contributed by atoms with E-state index in [1.165, 1.54) is 6.20 Å². The highest BCUT2D eigenvalue weighted by molar-refractivity contribution is 5.95. The summed E-state index contributed by atoms with van der Waals surface area (Å²) in [5, 5.41) is 13.9. The van der Waals surface area contributed by atoms with Gasteiger partial charge in [0.2, 0.25) is 5.84 Å². The first-order chi connectivity index (χ1) is 12.0. The lowest BCUT2D eigenvalue weighted by Crippen LogP contribution is -2.58. The predicted molar refractivity (Wildman–Crippen MR) is 96.1 cm³/mol. The Morgan fingerprint density at radius 1 is 1.12 bits per heavy atom. The molecule has 0 bridgehead atoms. The zero-order valence-electron chi connectivity index (χ0n) is 13.5. The Morgan fingerprint density at radius 2 is 1.72 bits per heavy atom. The molecular formula is C18H19N5O2. The summed E-state index contributed by atoms with van der Waals surface area (Å²) in [6.07, 6.45) is 1.83. The zero-order chi connectivity index (χ0) is 17.9. The molecule has 1 heterocycles. The van der Waals surface area contributed by atoms with Gasteiger partial charge in [0.25, 0.3) is 0 Å². The third-order valence-electron chi connectivity index (χ3n) is 4.22.